The van der Waals surface area contributed by atoms with Crippen molar-refractivity contribution in [2.45, 2.75) is 12.2 Å². The van der Waals surface area contributed by atoms with Gasteiger partial charge in [-0.25, -0.2) is 0 Å². The summed E-state index contributed by atoms with van der Waals surface area (Å²) >= 11 is 1.67. The van der Waals surface area contributed by atoms with Crippen molar-refractivity contribution in [2.24, 2.45) is 0 Å². The second kappa shape index (κ2) is 5.03. The molecule has 0 aliphatic rings. The third-order valence-electron chi connectivity index (χ3n) is 2.12. The molecule has 0 aliphatic heterocycles. The average Bonchev–Trinajstić information content (AvgIpc) is 2.70. The zero-order valence-corrected chi connectivity index (χ0v) is 9.83. The third kappa shape index (κ3) is 2.76. The van der Waals surface area contributed by atoms with Crippen LogP contribution in [0.2, 0.25) is 0 Å². The van der Waals surface area contributed by atoms with Gasteiger partial charge >= 0.3 is 0 Å². The Bertz CT molecular complexity index is 453. The summed E-state index contributed by atoms with van der Waals surface area (Å²) in [6.45, 7) is 0. The monoisotopic (exact) mass is 235 g/mol. The molecule has 0 radical (unpaired) electrons. The number of benzene rings is 1. The molecule has 2 rings (SSSR count). The predicted molar refractivity (Wildman–Crippen MR) is 65.2 cm³/mol. The molecule has 5 heteroatoms. The lowest BCUT2D eigenvalue weighted by Crippen LogP contribution is -1.90. The standard InChI is InChI=1S/C11H13N3OS/c1-16-7-10-13-11(15-14-10)6-8-2-4-9(12)5-3-8/h2-5H,6-7,12H2,1H3. The van der Waals surface area contributed by atoms with Gasteiger partial charge in [0, 0.05) is 5.69 Å². The quantitative estimate of drug-likeness (QED) is 0.822. The molecule has 0 fully saturated rings. The molecule has 0 aliphatic carbocycles. The van der Waals surface area contributed by atoms with E-state index in [4.69, 9.17) is 10.3 Å². The summed E-state index contributed by atoms with van der Waals surface area (Å²) in [5, 5.41) is 3.89. The van der Waals surface area contributed by atoms with Crippen LogP contribution in [0.5, 0.6) is 0 Å². The number of anilines is 1. The van der Waals surface area contributed by atoms with Crippen LogP contribution in [0.4, 0.5) is 5.69 Å². The van der Waals surface area contributed by atoms with Gasteiger partial charge in [-0.2, -0.15) is 16.7 Å². The van der Waals surface area contributed by atoms with E-state index in [9.17, 15) is 0 Å². The van der Waals surface area contributed by atoms with Gasteiger partial charge in [0.05, 0.1) is 12.2 Å². The number of nitrogens with zero attached hydrogens (tertiary/aromatic N) is 2. The van der Waals surface area contributed by atoms with Gasteiger partial charge in [0.1, 0.15) is 0 Å². The average molecular weight is 235 g/mol. The molecule has 2 N–H and O–H groups in total. The SMILES string of the molecule is CSCc1noc(Cc2ccc(N)cc2)n1. The second-order valence-electron chi connectivity index (χ2n) is 3.46. The molecular formula is C11H13N3OS. The Morgan fingerprint density at radius 3 is 2.75 bits per heavy atom. The minimum Gasteiger partial charge on any atom is -0.399 e. The molecule has 84 valence electrons. The van der Waals surface area contributed by atoms with Crippen LogP contribution in [0, 0.1) is 0 Å². The minimum atomic E-state index is 0.647. The summed E-state index contributed by atoms with van der Waals surface area (Å²) in [6.07, 6.45) is 2.66. The fourth-order valence-electron chi connectivity index (χ4n) is 1.36. The molecule has 0 bridgehead atoms. The highest BCUT2D eigenvalue weighted by Crippen LogP contribution is 2.11. The molecular weight excluding hydrogens is 222 g/mol. The predicted octanol–water partition coefficient (Wildman–Crippen LogP) is 2.11. The number of thioether (sulfide) groups is 1. The van der Waals surface area contributed by atoms with Gasteiger partial charge in [0.2, 0.25) is 5.89 Å². The van der Waals surface area contributed by atoms with E-state index < -0.39 is 0 Å². The molecule has 0 saturated carbocycles. The maximum Gasteiger partial charge on any atom is 0.231 e. The van der Waals surface area contributed by atoms with Gasteiger partial charge < -0.3 is 10.3 Å². The first kappa shape index (κ1) is 11.0. The van der Waals surface area contributed by atoms with E-state index in [0.29, 0.717) is 12.3 Å². The van der Waals surface area contributed by atoms with Crippen molar-refractivity contribution in [1.82, 2.24) is 10.1 Å². The molecule has 16 heavy (non-hydrogen) atoms. The molecule has 0 spiro atoms. The number of nitrogens with two attached hydrogens (primary N) is 1. The Kier molecular flexibility index (Phi) is 3.46. The fourth-order valence-corrected chi connectivity index (χ4v) is 1.74. The van der Waals surface area contributed by atoms with E-state index in [-0.39, 0.29) is 0 Å². The summed E-state index contributed by atoms with van der Waals surface area (Å²) in [5.41, 5.74) is 7.49. The molecule has 2 aromatic rings. The molecule has 0 amide bonds. The van der Waals surface area contributed by atoms with E-state index in [0.717, 1.165) is 22.8 Å². The van der Waals surface area contributed by atoms with Crippen LogP contribution in [0.1, 0.15) is 17.3 Å². The molecule has 1 heterocycles. The van der Waals surface area contributed by atoms with Crippen molar-refractivity contribution in [3.05, 3.63) is 41.5 Å². The van der Waals surface area contributed by atoms with Crippen LogP contribution in [0.3, 0.4) is 0 Å². The molecule has 1 aromatic heterocycles. The number of rotatable bonds is 4. The Labute approximate surface area is 98.2 Å². The smallest absolute Gasteiger partial charge is 0.231 e. The lowest BCUT2D eigenvalue weighted by Gasteiger charge is -1.96. The van der Waals surface area contributed by atoms with Crippen LogP contribution in [0.15, 0.2) is 28.8 Å². The molecule has 4 nitrogen and oxygen atoms in total. The minimum absolute atomic E-state index is 0.647. The Morgan fingerprint density at radius 1 is 1.31 bits per heavy atom. The van der Waals surface area contributed by atoms with Gasteiger partial charge in [-0.15, -0.1) is 0 Å². The molecule has 0 atom stereocenters. The topological polar surface area (TPSA) is 64.9 Å². The molecule has 0 unspecified atom stereocenters. The summed E-state index contributed by atoms with van der Waals surface area (Å²) in [6, 6.07) is 7.67. The number of aromatic nitrogens is 2. The van der Waals surface area contributed by atoms with E-state index in [2.05, 4.69) is 10.1 Å². The van der Waals surface area contributed by atoms with Gasteiger partial charge in [-0.05, 0) is 24.0 Å². The first-order valence-corrected chi connectivity index (χ1v) is 6.32. The Hall–Kier alpha value is -1.49. The van der Waals surface area contributed by atoms with Gasteiger partial charge in [0.25, 0.3) is 0 Å². The lowest BCUT2D eigenvalue weighted by atomic mass is 10.1. The number of nitrogen functional groups attached to an aromatic ring is 1. The zero-order valence-electron chi connectivity index (χ0n) is 9.01. The summed E-state index contributed by atoms with van der Waals surface area (Å²) in [5.74, 6) is 2.18. The first-order valence-electron chi connectivity index (χ1n) is 4.93. The van der Waals surface area contributed by atoms with Crippen LogP contribution < -0.4 is 5.73 Å². The van der Waals surface area contributed by atoms with E-state index in [1.54, 1.807) is 11.8 Å². The largest absolute Gasteiger partial charge is 0.399 e. The Morgan fingerprint density at radius 2 is 2.06 bits per heavy atom. The summed E-state index contributed by atoms with van der Waals surface area (Å²) < 4.78 is 5.15. The van der Waals surface area contributed by atoms with Crippen molar-refractivity contribution in [3.63, 3.8) is 0 Å². The highest BCUT2D eigenvalue weighted by atomic mass is 32.2. The van der Waals surface area contributed by atoms with E-state index >= 15 is 0 Å². The second-order valence-corrected chi connectivity index (χ2v) is 4.32. The van der Waals surface area contributed by atoms with Crippen LogP contribution in [0.25, 0.3) is 0 Å². The lowest BCUT2D eigenvalue weighted by molar-refractivity contribution is 0.381. The highest BCUT2D eigenvalue weighted by Gasteiger charge is 2.06. The highest BCUT2D eigenvalue weighted by molar-refractivity contribution is 7.97. The van der Waals surface area contributed by atoms with E-state index in [1.807, 2.05) is 30.5 Å². The maximum absolute atomic E-state index is 5.61. The van der Waals surface area contributed by atoms with Gasteiger partial charge in [-0.1, -0.05) is 17.3 Å². The van der Waals surface area contributed by atoms with Crippen LogP contribution >= 0.6 is 11.8 Å². The number of hydrogen-bond donors (Lipinski definition) is 1. The van der Waals surface area contributed by atoms with Gasteiger partial charge in [-0.3, -0.25) is 0 Å². The maximum atomic E-state index is 5.61. The zero-order chi connectivity index (χ0) is 11.4. The van der Waals surface area contributed by atoms with Crippen molar-refractivity contribution in [2.75, 3.05) is 12.0 Å². The fraction of sp³-hybridized carbons (Fsp3) is 0.273. The van der Waals surface area contributed by atoms with Crippen molar-refractivity contribution in [3.8, 4) is 0 Å². The summed E-state index contributed by atoms with van der Waals surface area (Å²) in [7, 11) is 0. The van der Waals surface area contributed by atoms with Gasteiger partial charge in [0.15, 0.2) is 5.82 Å². The first-order chi connectivity index (χ1) is 7.78. The van der Waals surface area contributed by atoms with Crippen molar-refractivity contribution in [1.29, 1.82) is 0 Å². The summed E-state index contributed by atoms with van der Waals surface area (Å²) in [4.78, 5) is 4.29. The van der Waals surface area contributed by atoms with Crippen LogP contribution in [-0.4, -0.2) is 16.4 Å². The molecule has 0 saturated heterocycles. The molecule has 1 aromatic carbocycles. The van der Waals surface area contributed by atoms with Crippen molar-refractivity contribution < 1.29 is 4.52 Å². The van der Waals surface area contributed by atoms with Crippen LogP contribution in [-0.2, 0) is 12.2 Å². The Balaban J connectivity index is 2.05. The third-order valence-corrected chi connectivity index (χ3v) is 2.67. The normalized spacial score (nSPS) is 10.6. The van der Waals surface area contributed by atoms with E-state index in [1.165, 1.54) is 0 Å². The number of hydrogen-bond acceptors (Lipinski definition) is 5. The van der Waals surface area contributed by atoms with Crippen molar-refractivity contribution >= 4 is 17.4 Å².